The van der Waals surface area contributed by atoms with Crippen molar-refractivity contribution in [1.29, 1.82) is 0 Å². The van der Waals surface area contributed by atoms with Gasteiger partial charge in [-0.3, -0.25) is 0 Å². The molecule has 0 bridgehead atoms. The summed E-state index contributed by atoms with van der Waals surface area (Å²) >= 11 is 0. The number of carbonyl (C=O) groups excluding carboxylic acids is 1. The minimum Gasteiger partial charge on any atom is -0.493 e. The molecule has 0 spiro atoms. The normalized spacial score (nSPS) is 17.1. The summed E-state index contributed by atoms with van der Waals surface area (Å²) in [6.45, 7) is 4.36. The Morgan fingerprint density at radius 3 is 2.29 bits per heavy atom. The number of carbonyl (C=O) groups is 1. The smallest absolute Gasteiger partial charge is 0.318 e. The molecule has 1 unspecified atom stereocenters. The zero-order valence-electron chi connectivity index (χ0n) is 18.8. The van der Waals surface area contributed by atoms with Gasteiger partial charge in [-0.1, -0.05) is 13.3 Å². The molecule has 2 aliphatic heterocycles. The number of benzene rings is 1. The molecule has 1 aromatic carbocycles. The molecule has 2 amide bonds. The van der Waals surface area contributed by atoms with E-state index in [1.165, 1.54) is 17.5 Å². The van der Waals surface area contributed by atoms with Crippen LogP contribution in [0.15, 0.2) is 12.1 Å². The molecule has 31 heavy (non-hydrogen) atoms. The number of urea groups is 1. The van der Waals surface area contributed by atoms with Gasteiger partial charge >= 0.3 is 6.03 Å². The van der Waals surface area contributed by atoms with E-state index in [-0.39, 0.29) is 12.1 Å². The molecule has 0 saturated carbocycles. The van der Waals surface area contributed by atoms with Crippen molar-refractivity contribution in [2.45, 2.75) is 64.5 Å². The van der Waals surface area contributed by atoms with Crippen LogP contribution < -0.4 is 14.8 Å². The second-order valence-corrected chi connectivity index (χ2v) is 8.31. The van der Waals surface area contributed by atoms with Gasteiger partial charge in [0.1, 0.15) is 5.82 Å². The van der Waals surface area contributed by atoms with Crippen LogP contribution in [-0.4, -0.2) is 53.0 Å². The van der Waals surface area contributed by atoms with Crippen LogP contribution in [0.1, 0.15) is 61.4 Å². The van der Waals surface area contributed by atoms with Gasteiger partial charge in [0.2, 0.25) is 0 Å². The number of aryl methyl sites for hydroxylation is 1. The third-order valence-electron chi connectivity index (χ3n) is 6.45. The van der Waals surface area contributed by atoms with Crippen LogP contribution in [0.5, 0.6) is 11.5 Å². The molecule has 168 valence electrons. The minimum atomic E-state index is -0.127. The Kier molecular flexibility index (Phi) is 6.63. The molecule has 2 aliphatic rings. The van der Waals surface area contributed by atoms with Gasteiger partial charge in [-0.25, -0.2) is 4.79 Å². The lowest BCUT2D eigenvalue weighted by Crippen LogP contribution is -2.43. The number of nitrogens with zero attached hydrogens (tertiary/aromatic N) is 4. The maximum Gasteiger partial charge on any atom is 0.318 e. The molecule has 0 radical (unpaired) electrons. The minimum absolute atomic E-state index is 0.0374. The lowest BCUT2D eigenvalue weighted by atomic mass is 10.0. The van der Waals surface area contributed by atoms with Gasteiger partial charge in [0.05, 0.1) is 20.3 Å². The molecule has 0 saturated heterocycles. The highest BCUT2D eigenvalue weighted by Gasteiger charge is 2.26. The standard InChI is InChI=1S/C23H33N5O3/c1-4-18(22-26-25-21-8-6-5-7-11-28(21)22)24-23(29)27-12-9-16-14-19(30-2)20(31-3)15-17(16)10-13-27/h14-15,18H,4-13H2,1-3H3,(H,24,29). The molecule has 8 nitrogen and oxygen atoms in total. The van der Waals surface area contributed by atoms with Crippen LogP contribution in [0.25, 0.3) is 0 Å². The Balaban J connectivity index is 1.45. The lowest BCUT2D eigenvalue weighted by molar-refractivity contribution is 0.194. The largest absolute Gasteiger partial charge is 0.493 e. The van der Waals surface area contributed by atoms with Crippen molar-refractivity contribution in [3.05, 3.63) is 34.9 Å². The van der Waals surface area contributed by atoms with Crippen LogP contribution in [0.2, 0.25) is 0 Å². The van der Waals surface area contributed by atoms with E-state index in [0.29, 0.717) is 13.1 Å². The molecule has 0 fully saturated rings. The molecule has 0 aliphatic carbocycles. The van der Waals surface area contributed by atoms with E-state index in [9.17, 15) is 4.79 Å². The molecule has 4 rings (SSSR count). The first kappa shape index (κ1) is 21.5. The first-order valence-corrected chi connectivity index (χ1v) is 11.4. The number of ether oxygens (including phenoxy) is 2. The molecule has 1 N–H and O–H groups in total. The van der Waals surface area contributed by atoms with E-state index >= 15 is 0 Å². The maximum atomic E-state index is 13.2. The molecule has 1 aromatic heterocycles. The van der Waals surface area contributed by atoms with E-state index in [1.54, 1.807) is 14.2 Å². The Hall–Kier alpha value is -2.77. The van der Waals surface area contributed by atoms with Gasteiger partial charge < -0.3 is 24.3 Å². The Labute approximate surface area is 183 Å². The van der Waals surface area contributed by atoms with E-state index in [0.717, 1.165) is 68.2 Å². The first-order valence-electron chi connectivity index (χ1n) is 11.4. The summed E-state index contributed by atoms with van der Waals surface area (Å²) < 4.78 is 13.1. The monoisotopic (exact) mass is 427 g/mol. The molecule has 1 atom stereocenters. The molecule has 8 heteroatoms. The van der Waals surface area contributed by atoms with E-state index < -0.39 is 0 Å². The molecule has 3 heterocycles. The number of amides is 2. The maximum absolute atomic E-state index is 13.2. The van der Waals surface area contributed by atoms with Crippen molar-refractivity contribution in [2.24, 2.45) is 0 Å². The Bertz CT molecular complexity index is 891. The summed E-state index contributed by atoms with van der Waals surface area (Å²) in [5.41, 5.74) is 2.42. The summed E-state index contributed by atoms with van der Waals surface area (Å²) in [6.07, 6.45) is 6.85. The third kappa shape index (κ3) is 4.48. The van der Waals surface area contributed by atoms with Crippen molar-refractivity contribution in [3.63, 3.8) is 0 Å². The zero-order valence-corrected chi connectivity index (χ0v) is 18.8. The number of aromatic nitrogens is 3. The highest BCUT2D eigenvalue weighted by Crippen LogP contribution is 2.32. The predicted octanol–water partition coefficient (Wildman–Crippen LogP) is 3.28. The van der Waals surface area contributed by atoms with Gasteiger partial charge in [0, 0.05) is 26.1 Å². The third-order valence-corrected chi connectivity index (χ3v) is 6.45. The fourth-order valence-corrected chi connectivity index (χ4v) is 4.61. The van der Waals surface area contributed by atoms with Gasteiger partial charge in [0.25, 0.3) is 0 Å². The number of rotatable bonds is 5. The van der Waals surface area contributed by atoms with Crippen LogP contribution in [-0.2, 0) is 25.8 Å². The van der Waals surface area contributed by atoms with Gasteiger partial charge in [-0.05, 0) is 55.4 Å². The lowest BCUT2D eigenvalue weighted by Gasteiger charge is -2.25. The SMILES string of the molecule is CCC(NC(=O)N1CCc2cc(OC)c(OC)cc2CC1)c1nnc2n1CCCCC2. The topological polar surface area (TPSA) is 81.5 Å². The fraction of sp³-hybridized carbons (Fsp3) is 0.609. The van der Waals surface area contributed by atoms with Crippen molar-refractivity contribution in [2.75, 3.05) is 27.3 Å². The number of fused-ring (bicyclic) bond motifs is 2. The van der Waals surface area contributed by atoms with Crippen LogP contribution in [0.4, 0.5) is 4.79 Å². The van der Waals surface area contributed by atoms with E-state index in [2.05, 4.69) is 27.0 Å². The summed E-state index contributed by atoms with van der Waals surface area (Å²) in [6, 6.07) is 3.91. The number of hydrogen-bond donors (Lipinski definition) is 1. The number of nitrogens with one attached hydrogen (secondary N) is 1. The Morgan fingerprint density at radius 1 is 1.00 bits per heavy atom. The fourth-order valence-electron chi connectivity index (χ4n) is 4.61. The Morgan fingerprint density at radius 2 is 1.68 bits per heavy atom. The molecule has 2 aromatic rings. The molecular formula is C23H33N5O3. The number of methoxy groups -OCH3 is 2. The number of hydrogen-bond acceptors (Lipinski definition) is 5. The van der Waals surface area contributed by atoms with Gasteiger partial charge in [0.15, 0.2) is 17.3 Å². The van der Waals surface area contributed by atoms with Crippen molar-refractivity contribution >= 4 is 6.03 Å². The summed E-state index contributed by atoms with van der Waals surface area (Å²) in [4.78, 5) is 15.1. The average Bonchev–Trinajstić information content (AvgIpc) is 2.95. The molecular weight excluding hydrogens is 394 g/mol. The van der Waals surface area contributed by atoms with Crippen molar-refractivity contribution < 1.29 is 14.3 Å². The highest BCUT2D eigenvalue weighted by atomic mass is 16.5. The summed E-state index contributed by atoms with van der Waals surface area (Å²) in [7, 11) is 3.30. The van der Waals surface area contributed by atoms with Gasteiger partial charge in [-0.15, -0.1) is 10.2 Å². The van der Waals surface area contributed by atoms with Crippen molar-refractivity contribution in [1.82, 2.24) is 25.0 Å². The summed E-state index contributed by atoms with van der Waals surface area (Å²) in [5, 5.41) is 12.1. The van der Waals surface area contributed by atoms with Crippen LogP contribution in [0.3, 0.4) is 0 Å². The quantitative estimate of drug-likeness (QED) is 0.792. The van der Waals surface area contributed by atoms with E-state index in [1.807, 2.05) is 17.0 Å². The average molecular weight is 428 g/mol. The van der Waals surface area contributed by atoms with Gasteiger partial charge in [-0.2, -0.15) is 0 Å². The highest BCUT2D eigenvalue weighted by molar-refractivity contribution is 5.74. The second-order valence-electron chi connectivity index (χ2n) is 8.31. The first-order chi connectivity index (χ1) is 15.1. The summed E-state index contributed by atoms with van der Waals surface area (Å²) in [5.74, 6) is 3.41. The second kappa shape index (κ2) is 9.58. The van der Waals surface area contributed by atoms with Crippen molar-refractivity contribution in [3.8, 4) is 11.5 Å². The predicted molar refractivity (Wildman–Crippen MR) is 118 cm³/mol. The van der Waals surface area contributed by atoms with Crippen LogP contribution >= 0.6 is 0 Å². The van der Waals surface area contributed by atoms with Crippen LogP contribution in [0, 0.1) is 0 Å². The van der Waals surface area contributed by atoms with E-state index in [4.69, 9.17) is 9.47 Å². The zero-order chi connectivity index (χ0) is 21.8.